The van der Waals surface area contributed by atoms with Crippen molar-refractivity contribution < 1.29 is 9.59 Å². The summed E-state index contributed by atoms with van der Waals surface area (Å²) in [4.78, 5) is 28.4. The van der Waals surface area contributed by atoms with E-state index >= 15 is 0 Å². The largest absolute Gasteiger partial charge is 0.361 e. The Hall–Kier alpha value is -3.92. The first-order chi connectivity index (χ1) is 15.8. The van der Waals surface area contributed by atoms with Crippen molar-refractivity contribution in [1.82, 2.24) is 4.98 Å². The van der Waals surface area contributed by atoms with Gasteiger partial charge in [-0.15, -0.1) is 0 Å². The third-order valence-electron chi connectivity index (χ3n) is 5.65. The molecular formula is C29H28N2O2. The van der Waals surface area contributed by atoms with Crippen LogP contribution in [-0.4, -0.2) is 16.7 Å². The van der Waals surface area contributed by atoms with Gasteiger partial charge in [0.1, 0.15) is 0 Å². The van der Waals surface area contributed by atoms with Gasteiger partial charge in [-0.3, -0.25) is 9.59 Å². The minimum atomic E-state index is -0.117. The number of aromatic amines is 1. The van der Waals surface area contributed by atoms with Crippen LogP contribution in [-0.2, 0) is 16.6 Å². The molecule has 0 unspecified atom stereocenters. The molecule has 0 aliphatic rings. The number of ketones is 1. The molecule has 0 atom stereocenters. The Morgan fingerprint density at radius 1 is 0.939 bits per heavy atom. The predicted octanol–water partition coefficient (Wildman–Crippen LogP) is 6.54. The SMILES string of the molecule is CC(C)(C)c1ccc(CC(=O)Nc2cccc(C(=O)/C=C/c3c[nH]c4ccccc34)c2)cc1. The Morgan fingerprint density at radius 2 is 1.70 bits per heavy atom. The summed E-state index contributed by atoms with van der Waals surface area (Å²) in [7, 11) is 0. The van der Waals surface area contributed by atoms with Gasteiger partial charge in [-0.1, -0.05) is 75.4 Å². The lowest BCUT2D eigenvalue weighted by Crippen LogP contribution is -2.15. The topological polar surface area (TPSA) is 62.0 Å². The number of nitrogens with one attached hydrogen (secondary N) is 2. The number of aromatic nitrogens is 1. The molecule has 2 N–H and O–H groups in total. The van der Waals surface area contributed by atoms with Crippen LogP contribution in [0.4, 0.5) is 5.69 Å². The van der Waals surface area contributed by atoms with E-state index in [1.54, 1.807) is 30.3 Å². The number of fused-ring (bicyclic) bond motifs is 1. The van der Waals surface area contributed by atoms with Crippen LogP contribution in [0.15, 0.2) is 85.1 Å². The zero-order valence-corrected chi connectivity index (χ0v) is 19.2. The summed E-state index contributed by atoms with van der Waals surface area (Å²) in [6.45, 7) is 6.50. The summed E-state index contributed by atoms with van der Waals surface area (Å²) >= 11 is 0. The molecule has 4 heteroatoms. The molecule has 3 aromatic carbocycles. The van der Waals surface area contributed by atoms with E-state index in [9.17, 15) is 9.59 Å². The molecule has 0 aliphatic heterocycles. The van der Waals surface area contributed by atoms with Gasteiger partial charge in [-0.25, -0.2) is 0 Å². The minimum Gasteiger partial charge on any atom is -0.361 e. The van der Waals surface area contributed by atoms with Crippen molar-refractivity contribution in [2.45, 2.75) is 32.6 Å². The third kappa shape index (κ3) is 5.47. The second-order valence-electron chi connectivity index (χ2n) is 9.24. The summed E-state index contributed by atoms with van der Waals surface area (Å²) in [6, 6.07) is 23.1. The highest BCUT2D eigenvalue weighted by Crippen LogP contribution is 2.23. The minimum absolute atomic E-state index is 0.0798. The molecule has 0 spiro atoms. The Balaban J connectivity index is 1.41. The van der Waals surface area contributed by atoms with Gasteiger partial charge < -0.3 is 10.3 Å². The van der Waals surface area contributed by atoms with Gasteiger partial charge in [0.2, 0.25) is 5.91 Å². The maximum Gasteiger partial charge on any atom is 0.228 e. The summed E-state index contributed by atoms with van der Waals surface area (Å²) in [5.41, 5.74) is 5.39. The zero-order valence-electron chi connectivity index (χ0n) is 19.2. The van der Waals surface area contributed by atoms with E-state index in [0.29, 0.717) is 11.3 Å². The number of allylic oxidation sites excluding steroid dienone is 1. The molecule has 1 amide bonds. The second kappa shape index (κ2) is 9.29. The highest BCUT2D eigenvalue weighted by molar-refractivity contribution is 6.08. The van der Waals surface area contributed by atoms with E-state index in [1.807, 2.05) is 48.7 Å². The van der Waals surface area contributed by atoms with Crippen LogP contribution in [0.3, 0.4) is 0 Å². The summed E-state index contributed by atoms with van der Waals surface area (Å²) in [5.74, 6) is -0.230. The molecule has 1 heterocycles. The van der Waals surface area contributed by atoms with Gasteiger partial charge in [-0.2, -0.15) is 0 Å². The molecule has 1 aromatic heterocycles. The maximum atomic E-state index is 12.7. The molecular weight excluding hydrogens is 408 g/mol. The normalized spacial score (nSPS) is 11.7. The lowest BCUT2D eigenvalue weighted by Gasteiger charge is -2.19. The lowest BCUT2D eigenvalue weighted by molar-refractivity contribution is -0.115. The van der Waals surface area contributed by atoms with Crippen molar-refractivity contribution in [2.75, 3.05) is 5.32 Å². The molecule has 0 bridgehead atoms. The number of benzene rings is 3. The molecule has 0 saturated heterocycles. The molecule has 33 heavy (non-hydrogen) atoms. The number of hydrogen-bond acceptors (Lipinski definition) is 2. The fraction of sp³-hybridized carbons (Fsp3) is 0.172. The van der Waals surface area contributed by atoms with Crippen LogP contribution in [0, 0.1) is 0 Å². The third-order valence-corrected chi connectivity index (χ3v) is 5.65. The van der Waals surface area contributed by atoms with Crippen molar-refractivity contribution in [3.05, 3.63) is 107 Å². The molecule has 4 aromatic rings. The van der Waals surface area contributed by atoms with Crippen LogP contribution < -0.4 is 5.32 Å². The number of rotatable bonds is 6. The molecule has 166 valence electrons. The molecule has 0 radical (unpaired) electrons. The Morgan fingerprint density at radius 3 is 2.45 bits per heavy atom. The Labute approximate surface area is 194 Å². The maximum absolute atomic E-state index is 12.7. The van der Waals surface area contributed by atoms with Crippen molar-refractivity contribution in [3.8, 4) is 0 Å². The van der Waals surface area contributed by atoms with Gasteiger partial charge in [0.05, 0.1) is 6.42 Å². The average molecular weight is 437 g/mol. The number of anilines is 1. The first-order valence-corrected chi connectivity index (χ1v) is 11.1. The van der Waals surface area contributed by atoms with Crippen LogP contribution in [0.2, 0.25) is 0 Å². The van der Waals surface area contributed by atoms with E-state index in [1.165, 1.54) is 5.56 Å². The molecule has 0 fully saturated rings. The van der Waals surface area contributed by atoms with Crippen molar-refractivity contribution in [1.29, 1.82) is 0 Å². The number of H-pyrrole nitrogens is 1. The van der Waals surface area contributed by atoms with E-state index in [2.05, 4.69) is 43.2 Å². The van der Waals surface area contributed by atoms with Gasteiger partial charge in [0.25, 0.3) is 0 Å². The summed E-state index contributed by atoms with van der Waals surface area (Å²) in [5, 5.41) is 3.97. The number of amides is 1. The smallest absolute Gasteiger partial charge is 0.228 e. The summed E-state index contributed by atoms with van der Waals surface area (Å²) in [6.07, 6.45) is 5.54. The van der Waals surface area contributed by atoms with Crippen LogP contribution in [0.1, 0.15) is 47.8 Å². The van der Waals surface area contributed by atoms with Crippen LogP contribution in [0.5, 0.6) is 0 Å². The first kappa shape index (κ1) is 22.3. The second-order valence-corrected chi connectivity index (χ2v) is 9.24. The lowest BCUT2D eigenvalue weighted by atomic mass is 9.86. The molecule has 0 saturated carbocycles. The van der Waals surface area contributed by atoms with E-state index in [4.69, 9.17) is 0 Å². The average Bonchev–Trinajstić information content (AvgIpc) is 3.20. The van der Waals surface area contributed by atoms with Gasteiger partial charge in [-0.05, 0) is 52.5 Å². The van der Waals surface area contributed by atoms with Gasteiger partial charge >= 0.3 is 0 Å². The van der Waals surface area contributed by atoms with E-state index in [-0.39, 0.29) is 23.5 Å². The van der Waals surface area contributed by atoms with Crippen molar-refractivity contribution in [3.63, 3.8) is 0 Å². The number of carbonyl (C=O) groups is 2. The van der Waals surface area contributed by atoms with E-state index < -0.39 is 0 Å². The zero-order chi connectivity index (χ0) is 23.4. The number of para-hydroxylation sites is 1. The fourth-order valence-electron chi connectivity index (χ4n) is 3.76. The highest BCUT2D eigenvalue weighted by atomic mass is 16.1. The summed E-state index contributed by atoms with van der Waals surface area (Å²) < 4.78 is 0. The van der Waals surface area contributed by atoms with E-state index in [0.717, 1.165) is 22.0 Å². The number of carbonyl (C=O) groups excluding carboxylic acids is 2. The predicted molar refractivity (Wildman–Crippen MR) is 136 cm³/mol. The van der Waals surface area contributed by atoms with Gasteiger partial charge in [0, 0.05) is 28.4 Å². The van der Waals surface area contributed by atoms with Crippen LogP contribution >= 0.6 is 0 Å². The quantitative estimate of drug-likeness (QED) is 0.266. The first-order valence-electron chi connectivity index (χ1n) is 11.1. The monoisotopic (exact) mass is 436 g/mol. The fourth-order valence-corrected chi connectivity index (χ4v) is 3.76. The Kier molecular flexibility index (Phi) is 6.27. The molecule has 0 aliphatic carbocycles. The molecule has 4 rings (SSSR count). The standard InChI is InChI=1S/C29H28N2O2/c1-29(2,3)23-14-11-20(12-15-23)17-28(33)31-24-8-6-7-21(18-24)27(32)16-13-22-19-30-26-10-5-4-9-25(22)26/h4-16,18-19,30H,17H2,1-3H3,(H,31,33)/b16-13+. The molecule has 4 nitrogen and oxygen atoms in total. The van der Waals surface area contributed by atoms with Gasteiger partial charge in [0.15, 0.2) is 5.78 Å². The van der Waals surface area contributed by atoms with Crippen molar-refractivity contribution in [2.24, 2.45) is 0 Å². The Bertz CT molecular complexity index is 1320. The van der Waals surface area contributed by atoms with Crippen LogP contribution in [0.25, 0.3) is 17.0 Å². The highest BCUT2D eigenvalue weighted by Gasteiger charge is 2.13. The van der Waals surface area contributed by atoms with Crippen molar-refractivity contribution >= 4 is 34.4 Å². The number of hydrogen-bond donors (Lipinski definition) is 2.